The molecule has 0 atom stereocenters. The van der Waals surface area contributed by atoms with Gasteiger partial charge in [0.25, 0.3) is 0 Å². The van der Waals surface area contributed by atoms with E-state index in [1.165, 1.54) is 61.1 Å². The summed E-state index contributed by atoms with van der Waals surface area (Å²) in [5.74, 6) is 0.685. The average molecular weight is 496 g/mol. The van der Waals surface area contributed by atoms with Gasteiger partial charge in [0.05, 0.1) is 0 Å². The predicted molar refractivity (Wildman–Crippen MR) is 127 cm³/mol. The van der Waals surface area contributed by atoms with Crippen LogP contribution < -0.4 is 0 Å². The first kappa shape index (κ1) is 29.6. The molecule has 0 aromatic heterocycles. The summed E-state index contributed by atoms with van der Waals surface area (Å²) in [6.45, 7) is 4.41. The Labute approximate surface area is 200 Å². The van der Waals surface area contributed by atoms with E-state index in [9.17, 15) is 0 Å². The molecular formula is C25H33Cl2Zr-3. The van der Waals surface area contributed by atoms with Gasteiger partial charge in [0, 0.05) is 0 Å². The molecule has 2 aliphatic carbocycles. The van der Waals surface area contributed by atoms with Crippen molar-refractivity contribution in [3.05, 3.63) is 96.4 Å². The van der Waals surface area contributed by atoms with E-state index in [-0.39, 0.29) is 32.2 Å². The number of halogens is 2. The largest absolute Gasteiger partial charge is 0.210 e. The third-order valence-corrected chi connectivity index (χ3v) is 5.33. The van der Waals surface area contributed by atoms with E-state index in [4.69, 9.17) is 0 Å². The maximum atomic E-state index is 3.14. The van der Waals surface area contributed by atoms with E-state index >= 15 is 0 Å². The summed E-state index contributed by atoms with van der Waals surface area (Å²) in [7, 11) is 0. The molecule has 0 heterocycles. The second-order valence-electron chi connectivity index (χ2n) is 6.75. The Morgan fingerprint density at radius 1 is 1.04 bits per heavy atom. The monoisotopic (exact) mass is 493 g/mol. The van der Waals surface area contributed by atoms with Crippen LogP contribution in [0.1, 0.15) is 49.8 Å². The number of allylic oxidation sites excluding steroid dienone is 4. The summed E-state index contributed by atoms with van der Waals surface area (Å²) in [4.78, 5) is 0. The molecule has 0 unspecified atom stereocenters. The van der Waals surface area contributed by atoms with E-state index < -0.39 is 0 Å². The first-order chi connectivity index (χ1) is 12.2. The van der Waals surface area contributed by atoms with Crippen molar-refractivity contribution in [1.82, 2.24) is 0 Å². The van der Waals surface area contributed by atoms with Crippen molar-refractivity contribution < 1.29 is 24.2 Å². The molecule has 2 aliphatic rings. The molecule has 0 fully saturated rings. The maximum Gasteiger partial charge on any atom is -0.0512 e. The van der Waals surface area contributed by atoms with E-state index in [2.05, 4.69) is 78.2 Å². The fraction of sp³-hybridized carbons (Fsp3) is 0.320. The third kappa shape index (κ3) is 10.8. The van der Waals surface area contributed by atoms with Gasteiger partial charge in [0.2, 0.25) is 0 Å². The van der Waals surface area contributed by atoms with Crippen molar-refractivity contribution in [2.75, 3.05) is 0 Å². The molecule has 3 heteroatoms. The minimum absolute atomic E-state index is 0. The second kappa shape index (κ2) is 17.3. The number of benzene rings is 1. The predicted octanol–water partition coefficient (Wildman–Crippen LogP) is 7.29. The smallest absolute Gasteiger partial charge is 0.0512 e. The minimum atomic E-state index is 0. The van der Waals surface area contributed by atoms with Gasteiger partial charge in [-0.3, -0.25) is 6.08 Å². The Kier molecular flexibility index (Phi) is 18.2. The van der Waals surface area contributed by atoms with E-state index in [0.29, 0.717) is 5.92 Å². The third-order valence-electron chi connectivity index (χ3n) is 4.51. The van der Waals surface area contributed by atoms with Crippen LogP contribution in [0.2, 0.25) is 0 Å². The first-order valence-electron chi connectivity index (χ1n) is 9.26. The number of rotatable bonds is 2. The summed E-state index contributed by atoms with van der Waals surface area (Å²) in [5, 5.41) is 0. The van der Waals surface area contributed by atoms with Crippen LogP contribution in [0.25, 0.3) is 0 Å². The van der Waals surface area contributed by atoms with E-state index in [0.717, 1.165) is 6.42 Å². The molecule has 154 valence electrons. The molecule has 28 heavy (non-hydrogen) atoms. The quantitative estimate of drug-likeness (QED) is 0.384. The molecule has 0 radical (unpaired) electrons. The number of aryl methyl sites for hydroxylation is 2. The van der Waals surface area contributed by atoms with Crippen LogP contribution in [-0.2, 0) is 37.1 Å². The molecular weight excluding hydrogens is 462 g/mol. The molecule has 0 saturated carbocycles. The fourth-order valence-corrected chi connectivity index (χ4v) is 3.45. The van der Waals surface area contributed by atoms with Crippen LogP contribution in [0.5, 0.6) is 0 Å². The molecule has 0 saturated heterocycles. The summed E-state index contributed by atoms with van der Waals surface area (Å²) < 4.78 is 2.17. The molecule has 0 amide bonds. The Morgan fingerprint density at radius 2 is 1.71 bits per heavy atom. The average Bonchev–Trinajstić information content (AvgIpc) is 3.35. The molecule has 0 nitrogen and oxygen atoms in total. The maximum absolute atomic E-state index is 3.14. The van der Waals surface area contributed by atoms with Gasteiger partial charge in [0.15, 0.2) is 0 Å². The van der Waals surface area contributed by atoms with Crippen LogP contribution >= 0.6 is 24.8 Å². The Hall–Kier alpha value is -0.617. The van der Waals surface area contributed by atoms with Gasteiger partial charge in [-0.2, -0.15) is 34.9 Å². The van der Waals surface area contributed by atoms with Crippen molar-refractivity contribution in [2.45, 2.75) is 46.0 Å². The SMILES string of the molecule is CC(C)C1=CC[C-]=C1.Cl.Cl.[CH3-].[Zr]=[CH]c1ccccc1.c1cc2c([cH-]1)CCCC2. The molecule has 0 spiro atoms. The standard InChI is InChI=1S/C9H11.C8H11.C7H6.CH3.2ClH.Zr/c1-2-5-9-7-3-6-8(9)4-1;1-7(2)8-5-3-4-6-8;1-7-5-3-2-4-6-7;;;;/h3,6-7H,1-2,4-5H2;5-7H,3H2,1-2H3;1-6H;1H3;2*1H;/q2*-1;;-1;;;. The molecule has 0 N–H and O–H groups in total. The summed E-state index contributed by atoms with van der Waals surface area (Å²) in [5.41, 5.74) is 5.96. The van der Waals surface area contributed by atoms with Crippen molar-refractivity contribution in [3.63, 3.8) is 0 Å². The Balaban J connectivity index is 0. The van der Waals surface area contributed by atoms with Crippen LogP contribution in [0.4, 0.5) is 0 Å². The summed E-state index contributed by atoms with van der Waals surface area (Å²) in [6, 6.07) is 17.0. The van der Waals surface area contributed by atoms with E-state index in [1.807, 2.05) is 6.07 Å². The van der Waals surface area contributed by atoms with Crippen LogP contribution in [0.15, 0.2) is 66.3 Å². The topological polar surface area (TPSA) is 0 Å². The van der Waals surface area contributed by atoms with Crippen molar-refractivity contribution in [1.29, 1.82) is 0 Å². The zero-order chi connectivity index (χ0) is 17.9. The van der Waals surface area contributed by atoms with Gasteiger partial charge in [-0.05, 0) is 0 Å². The molecule has 0 bridgehead atoms. The normalized spacial score (nSPS) is 13.0. The zero-order valence-corrected chi connectivity index (χ0v) is 21.4. The minimum Gasteiger partial charge on any atom is -0.210 e. The molecule has 2 aromatic rings. The van der Waals surface area contributed by atoms with E-state index in [1.54, 1.807) is 11.1 Å². The summed E-state index contributed by atoms with van der Waals surface area (Å²) in [6.07, 6.45) is 13.9. The van der Waals surface area contributed by atoms with Crippen LogP contribution in [-0.4, -0.2) is 3.71 Å². The Bertz CT molecular complexity index is 676. The fourth-order valence-electron chi connectivity index (χ4n) is 2.98. The van der Waals surface area contributed by atoms with Crippen LogP contribution in [0.3, 0.4) is 0 Å². The van der Waals surface area contributed by atoms with Crippen molar-refractivity contribution >= 4 is 28.5 Å². The van der Waals surface area contributed by atoms with Gasteiger partial charge in [-0.1, -0.05) is 45.4 Å². The van der Waals surface area contributed by atoms with Gasteiger partial charge in [-0.15, -0.1) is 31.2 Å². The molecule has 4 rings (SSSR count). The number of hydrogen-bond acceptors (Lipinski definition) is 0. The number of fused-ring (bicyclic) bond motifs is 1. The van der Waals surface area contributed by atoms with Gasteiger partial charge in [0.1, 0.15) is 0 Å². The molecule has 2 aromatic carbocycles. The first-order valence-corrected chi connectivity index (χ1v) is 10.7. The second-order valence-corrected chi connectivity index (χ2v) is 7.46. The number of hydrogen-bond donors (Lipinski definition) is 0. The van der Waals surface area contributed by atoms with Crippen molar-refractivity contribution in [3.8, 4) is 0 Å². The van der Waals surface area contributed by atoms with Gasteiger partial charge in [-0.25, -0.2) is 12.1 Å². The van der Waals surface area contributed by atoms with Crippen LogP contribution in [0, 0.1) is 19.4 Å². The van der Waals surface area contributed by atoms with Gasteiger partial charge >= 0.3 is 63.8 Å². The summed E-state index contributed by atoms with van der Waals surface area (Å²) >= 11 is 1.46. The Morgan fingerprint density at radius 3 is 2.18 bits per heavy atom. The zero-order valence-electron chi connectivity index (χ0n) is 17.3. The molecule has 0 aliphatic heterocycles. The van der Waals surface area contributed by atoms with Gasteiger partial charge < -0.3 is 7.43 Å². The van der Waals surface area contributed by atoms with Crippen molar-refractivity contribution in [2.24, 2.45) is 5.92 Å².